The number of hydrogen-bond donors (Lipinski definition) is 2. The van der Waals surface area contributed by atoms with Gasteiger partial charge in [0.05, 0.1) is 4.90 Å². The maximum Gasteiger partial charge on any atom is 0.240 e. The van der Waals surface area contributed by atoms with Crippen LogP contribution in [0.25, 0.3) is 0 Å². The van der Waals surface area contributed by atoms with E-state index in [1.807, 2.05) is 13.8 Å². The van der Waals surface area contributed by atoms with Crippen LogP contribution in [-0.2, 0) is 26.5 Å². The molecule has 0 bridgehead atoms. The van der Waals surface area contributed by atoms with E-state index in [4.69, 9.17) is 5.14 Å². The number of primary sulfonamides is 1. The van der Waals surface area contributed by atoms with Crippen LogP contribution >= 0.6 is 0 Å². The minimum Gasteiger partial charge on any atom is -0.261 e. The summed E-state index contributed by atoms with van der Waals surface area (Å²) in [5, 5.41) is 5.00. The molecule has 0 saturated carbocycles. The smallest absolute Gasteiger partial charge is 0.240 e. The van der Waals surface area contributed by atoms with Crippen molar-refractivity contribution in [3.05, 3.63) is 48.0 Å². The van der Waals surface area contributed by atoms with Gasteiger partial charge in [-0.05, 0) is 30.2 Å². The van der Waals surface area contributed by atoms with Crippen LogP contribution in [0.1, 0.15) is 31.2 Å². The predicted octanol–water partition coefficient (Wildman–Crippen LogP) is 0.768. The Kier molecular flexibility index (Phi) is 5.88. The monoisotopic (exact) mass is 384 g/mol. The fourth-order valence-corrected chi connectivity index (χ4v) is 3.55. The summed E-state index contributed by atoms with van der Waals surface area (Å²) in [7, 11) is -7.44. The van der Waals surface area contributed by atoms with Crippen molar-refractivity contribution in [2.75, 3.05) is 6.54 Å². The van der Waals surface area contributed by atoms with Gasteiger partial charge in [0.25, 0.3) is 0 Å². The lowest BCUT2D eigenvalue weighted by Gasteiger charge is -2.09. The van der Waals surface area contributed by atoms with Crippen molar-refractivity contribution in [2.24, 2.45) is 5.14 Å². The van der Waals surface area contributed by atoms with Crippen molar-refractivity contribution in [3.8, 4) is 0 Å². The summed E-state index contributed by atoms with van der Waals surface area (Å²) in [6.45, 7) is 4.00. The molecule has 0 atom stereocenters. The van der Waals surface area contributed by atoms with Gasteiger partial charge in [-0.15, -0.1) is 0 Å². The van der Waals surface area contributed by atoms with Crippen LogP contribution in [0.3, 0.4) is 0 Å². The highest BCUT2D eigenvalue weighted by molar-refractivity contribution is 7.89. The van der Waals surface area contributed by atoms with E-state index in [2.05, 4.69) is 14.7 Å². The maximum absolute atomic E-state index is 12.3. The quantitative estimate of drug-likeness (QED) is 0.724. The topological polar surface area (TPSA) is 132 Å². The van der Waals surface area contributed by atoms with Crippen LogP contribution in [0.4, 0.5) is 0 Å². The average molecular weight is 384 g/mol. The van der Waals surface area contributed by atoms with Crippen molar-refractivity contribution in [1.82, 2.24) is 14.7 Å². The standard InChI is InChI=1S/C15H20N4O4S2/c1-11(2)15-9-13(6-7-17-15)25(22,23)19-8-5-12-3-4-14(10-18-12)24(16,20)21/h3-4,6-7,9-11,19H,5,8H2,1-2H3,(H2,16,20,21). The van der Waals surface area contributed by atoms with Crippen molar-refractivity contribution in [2.45, 2.75) is 36.0 Å². The van der Waals surface area contributed by atoms with Crippen molar-refractivity contribution in [1.29, 1.82) is 0 Å². The molecule has 2 heterocycles. The molecular formula is C15H20N4O4S2. The van der Waals surface area contributed by atoms with Gasteiger partial charge in [0, 0.05) is 36.7 Å². The fourth-order valence-electron chi connectivity index (χ4n) is 2.03. The third-order valence-electron chi connectivity index (χ3n) is 3.45. The van der Waals surface area contributed by atoms with Gasteiger partial charge in [-0.3, -0.25) is 9.97 Å². The molecule has 2 aromatic rings. The Balaban J connectivity index is 2.02. The summed E-state index contributed by atoms with van der Waals surface area (Å²) >= 11 is 0. The zero-order valence-corrected chi connectivity index (χ0v) is 15.5. The molecule has 136 valence electrons. The second-order valence-electron chi connectivity index (χ2n) is 5.75. The Morgan fingerprint density at radius 2 is 1.80 bits per heavy atom. The molecule has 0 aliphatic heterocycles. The summed E-state index contributed by atoms with van der Waals surface area (Å²) in [6.07, 6.45) is 2.93. The second kappa shape index (κ2) is 7.56. The minimum absolute atomic E-state index is 0.0881. The summed E-state index contributed by atoms with van der Waals surface area (Å²) in [6, 6.07) is 5.82. The Hall–Kier alpha value is -1.88. The first-order valence-corrected chi connectivity index (χ1v) is 10.6. The third-order valence-corrected chi connectivity index (χ3v) is 5.81. The van der Waals surface area contributed by atoms with E-state index < -0.39 is 20.0 Å². The molecular weight excluding hydrogens is 364 g/mol. The second-order valence-corrected chi connectivity index (χ2v) is 9.08. The number of nitrogens with one attached hydrogen (secondary N) is 1. The zero-order chi connectivity index (χ0) is 18.7. The normalized spacial score (nSPS) is 12.5. The van der Waals surface area contributed by atoms with Gasteiger partial charge in [0.2, 0.25) is 20.0 Å². The molecule has 0 amide bonds. The minimum atomic E-state index is -3.79. The largest absolute Gasteiger partial charge is 0.261 e. The van der Waals surface area contributed by atoms with Crippen LogP contribution in [0, 0.1) is 0 Å². The van der Waals surface area contributed by atoms with Crippen molar-refractivity contribution in [3.63, 3.8) is 0 Å². The molecule has 0 saturated heterocycles. The molecule has 8 nitrogen and oxygen atoms in total. The number of hydrogen-bond acceptors (Lipinski definition) is 6. The van der Waals surface area contributed by atoms with Gasteiger partial charge < -0.3 is 0 Å². The van der Waals surface area contributed by atoms with E-state index in [0.717, 1.165) is 6.20 Å². The number of rotatable bonds is 7. The van der Waals surface area contributed by atoms with Gasteiger partial charge in [-0.25, -0.2) is 26.7 Å². The summed E-state index contributed by atoms with van der Waals surface area (Å²) in [4.78, 5) is 8.19. The number of sulfonamides is 2. The molecule has 3 N–H and O–H groups in total. The van der Waals surface area contributed by atoms with Gasteiger partial charge in [-0.2, -0.15) is 0 Å². The Morgan fingerprint density at radius 3 is 2.36 bits per heavy atom. The van der Waals surface area contributed by atoms with E-state index in [1.165, 1.54) is 24.4 Å². The van der Waals surface area contributed by atoms with E-state index in [-0.39, 0.29) is 22.3 Å². The highest BCUT2D eigenvalue weighted by Crippen LogP contribution is 2.16. The van der Waals surface area contributed by atoms with Gasteiger partial charge in [-0.1, -0.05) is 13.8 Å². The predicted molar refractivity (Wildman–Crippen MR) is 92.8 cm³/mol. The first-order valence-electron chi connectivity index (χ1n) is 7.53. The highest BCUT2D eigenvalue weighted by Gasteiger charge is 2.15. The van der Waals surface area contributed by atoms with Gasteiger partial charge in [0.1, 0.15) is 4.90 Å². The van der Waals surface area contributed by atoms with E-state index in [9.17, 15) is 16.8 Å². The summed E-state index contributed by atoms with van der Waals surface area (Å²) < 4.78 is 49.5. The molecule has 0 aliphatic rings. The molecule has 2 aromatic heterocycles. The SMILES string of the molecule is CC(C)c1cc(S(=O)(=O)NCCc2ccc(S(N)(=O)=O)cn2)ccn1. The molecule has 0 fully saturated rings. The molecule has 0 spiro atoms. The molecule has 0 radical (unpaired) electrons. The lowest BCUT2D eigenvalue weighted by molar-refractivity contribution is 0.580. The highest BCUT2D eigenvalue weighted by atomic mass is 32.2. The van der Waals surface area contributed by atoms with Crippen LogP contribution in [0.2, 0.25) is 0 Å². The van der Waals surface area contributed by atoms with Crippen LogP contribution in [-0.4, -0.2) is 33.3 Å². The summed E-state index contributed by atoms with van der Waals surface area (Å²) in [5.74, 6) is 0.122. The van der Waals surface area contributed by atoms with Crippen LogP contribution < -0.4 is 9.86 Å². The lowest BCUT2D eigenvalue weighted by atomic mass is 10.1. The first kappa shape index (κ1) is 19.4. The van der Waals surface area contributed by atoms with Gasteiger partial charge in [0.15, 0.2) is 0 Å². The average Bonchev–Trinajstić information content (AvgIpc) is 2.54. The van der Waals surface area contributed by atoms with Crippen LogP contribution in [0.15, 0.2) is 46.5 Å². The van der Waals surface area contributed by atoms with E-state index in [1.54, 1.807) is 6.07 Å². The van der Waals surface area contributed by atoms with E-state index >= 15 is 0 Å². The Morgan fingerprint density at radius 1 is 1.08 bits per heavy atom. The van der Waals surface area contributed by atoms with Crippen LogP contribution in [0.5, 0.6) is 0 Å². The number of nitrogens with zero attached hydrogens (tertiary/aromatic N) is 2. The molecule has 0 unspecified atom stereocenters. The lowest BCUT2D eigenvalue weighted by Crippen LogP contribution is -2.26. The van der Waals surface area contributed by atoms with E-state index in [0.29, 0.717) is 17.8 Å². The molecule has 0 aromatic carbocycles. The third kappa shape index (κ3) is 5.30. The molecule has 25 heavy (non-hydrogen) atoms. The molecule has 2 rings (SSSR count). The maximum atomic E-state index is 12.3. The number of pyridine rings is 2. The summed E-state index contributed by atoms with van der Waals surface area (Å²) in [5.41, 5.74) is 1.25. The molecule has 0 aliphatic carbocycles. The number of aromatic nitrogens is 2. The molecule has 10 heteroatoms. The fraction of sp³-hybridized carbons (Fsp3) is 0.333. The Labute approximate surface area is 147 Å². The zero-order valence-electron chi connectivity index (χ0n) is 13.9. The number of nitrogens with two attached hydrogens (primary N) is 1. The van der Waals surface area contributed by atoms with Crippen molar-refractivity contribution >= 4 is 20.0 Å². The van der Waals surface area contributed by atoms with Gasteiger partial charge >= 0.3 is 0 Å². The van der Waals surface area contributed by atoms with Crippen molar-refractivity contribution < 1.29 is 16.8 Å². The first-order chi connectivity index (χ1) is 11.6. The Bertz CT molecular complexity index is 940.